The maximum absolute atomic E-state index is 9.24. The van der Waals surface area contributed by atoms with Gasteiger partial charge in [-0.15, -0.1) is 0 Å². The van der Waals surface area contributed by atoms with Crippen LogP contribution in [0.5, 0.6) is 5.75 Å². The number of nitrogens with zero attached hydrogens (tertiary/aromatic N) is 1. The zero-order valence-corrected chi connectivity index (χ0v) is 12.4. The van der Waals surface area contributed by atoms with Crippen LogP contribution in [0, 0.1) is 0 Å². The maximum atomic E-state index is 9.24. The average Bonchev–Trinajstić information content (AvgIpc) is 2.57. The number of nitrogens with two attached hydrogens (primary N) is 1. The summed E-state index contributed by atoms with van der Waals surface area (Å²) in [5, 5.41) is 9.24. The molecule has 0 amide bonds. The van der Waals surface area contributed by atoms with E-state index in [9.17, 15) is 5.11 Å². The van der Waals surface area contributed by atoms with Gasteiger partial charge in [-0.25, -0.2) is 0 Å². The van der Waals surface area contributed by atoms with Crippen LogP contribution < -0.4 is 5.73 Å². The molecule has 6 heteroatoms. The van der Waals surface area contributed by atoms with Gasteiger partial charge in [0.2, 0.25) is 0 Å². The van der Waals surface area contributed by atoms with Gasteiger partial charge in [0.05, 0.1) is 23.1 Å². The summed E-state index contributed by atoms with van der Waals surface area (Å²) in [6.07, 6.45) is 3.23. The van der Waals surface area contributed by atoms with E-state index in [2.05, 4.69) is 4.98 Å². The predicted octanol–water partition coefficient (Wildman–Crippen LogP) is 1.76. The fraction of sp³-hybridized carbons (Fsp3) is 0.500. The third-order valence-corrected chi connectivity index (χ3v) is 3.90. The van der Waals surface area contributed by atoms with Gasteiger partial charge in [-0.3, -0.25) is 4.98 Å². The molecular weight excluding hydrogens is 255 g/mol. The third kappa shape index (κ3) is 2.87. The lowest BCUT2D eigenvalue weighted by Crippen LogP contribution is -2.41. The molecule has 5 nitrogen and oxygen atoms in total. The van der Waals surface area contributed by atoms with E-state index in [1.165, 1.54) is 6.20 Å². The molecule has 0 atom stereocenters. The highest BCUT2D eigenvalue weighted by molar-refractivity contribution is 6.55. The van der Waals surface area contributed by atoms with Crippen LogP contribution in [-0.4, -0.2) is 35.0 Å². The van der Waals surface area contributed by atoms with Crippen molar-refractivity contribution in [2.45, 2.75) is 38.9 Å². The second-order valence-corrected chi connectivity index (χ2v) is 5.95. The zero-order chi connectivity index (χ0) is 15.0. The van der Waals surface area contributed by atoms with Crippen LogP contribution in [0.2, 0.25) is 0 Å². The van der Waals surface area contributed by atoms with Gasteiger partial charge in [0.25, 0.3) is 0 Å². The minimum atomic E-state index is -0.472. The fourth-order valence-corrected chi connectivity index (χ4v) is 1.89. The van der Waals surface area contributed by atoms with Crippen molar-refractivity contribution in [2.24, 2.45) is 5.73 Å². The van der Waals surface area contributed by atoms with Crippen LogP contribution in [0.15, 0.2) is 23.8 Å². The van der Waals surface area contributed by atoms with E-state index in [0.29, 0.717) is 12.2 Å². The van der Waals surface area contributed by atoms with Crippen molar-refractivity contribution in [3.8, 4) is 5.75 Å². The predicted molar refractivity (Wildman–Crippen MR) is 79.0 cm³/mol. The molecule has 3 N–H and O–H groups in total. The number of hydrogen-bond donors (Lipinski definition) is 2. The highest BCUT2D eigenvalue weighted by atomic mass is 16.7. The Morgan fingerprint density at radius 2 is 1.90 bits per heavy atom. The molecule has 1 aromatic rings. The van der Waals surface area contributed by atoms with Crippen LogP contribution in [0.25, 0.3) is 6.08 Å². The molecule has 0 aliphatic carbocycles. The van der Waals surface area contributed by atoms with Crippen molar-refractivity contribution >= 4 is 13.2 Å². The summed E-state index contributed by atoms with van der Waals surface area (Å²) in [6.45, 7) is 8.32. The molecule has 2 heterocycles. The third-order valence-electron chi connectivity index (χ3n) is 3.90. The Balaban J connectivity index is 2.24. The molecule has 0 bridgehead atoms. The topological polar surface area (TPSA) is 77.6 Å². The number of aromatic nitrogens is 1. The molecule has 0 unspecified atom stereocenters. The molecule has 0 radical (unpaired) electrons. The zero-order valence-electron chi connectivity index (χ0n) is 12.4. The minimum Gasteiger partial charge on any atom is -0.506 e. The molecule has 0 spiro atoms. The first-order valence-electron chi connectivity index (χ1n) is 6.66. The summed E-state index contributed by atoms with van der Waals surface area (Å²) in [7, 11) is -0.472. The molecule has 1 fully saturated rings. The number of aromatic hydroxyl groups is 1. The minimum absolute atomic E-state index is 0.132. The molecule has 0 saturated carbocycles. The highest BCUT2D eigenvalue weighted by Gasteiger charge is 2.52. The van der Waals surface area contributed by atoms with Crippen LogP contribution in [0.3, 0.4) is 0 Å². The van der Waals surface area contributed by atoms with Gasteiger partial charge in [0.1, 0.15) is 5.75 Å². The van der Waals surface area contributed by atoms with Gasteiger partial charge in [0, 0.05) is 6.54 Å². The van der Waals surface area contributed by atoms with Crippen LogP contribution >= 0.6 is 0 Å². The molecule has 2 rings (SSSR count). The van der Waals surface area contributed by atoms with Gasteiger partial charge in [-0.05, 0) is 51.4 Å². The van der Waals surface area contributed by atoms with Crippen molar-refractivity contribution < 1.29 is 14.4 Å². The Morgan fingerprint density at radius 1 is 1.30 bits per heavy atom. The lowest BCUT2D eigenvalue weighted by molar-refractivity contribution is 0.00578. The summed E-state index contributed by atoms with van der Waals surface area (Å²) in [6, 6.07) is 3.30. The van der Waals surface area contributed by atoms with Crippen LogP contribution in [0.4, 0.5) is 0 Å². The van der Waals surface area contributed by atoms with Crippen molar-refractivity contribution in [3.05, 3.63) is 29.5 Å². The van der Waals surface area contributed by atoms with Crippen LogP contribution in [0.1, 0.15) is 33.4 Å². The Morgan fingerprint density at radius 3 is 2.35 bits per heavy atom. The molecule has 0 aromatic carbocycles. The van der Waals surface area contributed by atoms with E-state index in [0.717, 1.165) is 5.47 Å². The molecular formula is C14H21BN2O3. The number of pyridine rings is 1. The fourth-order valence-electron chi connectivity index (χ4n) is 1.89. The van der Waals surface area contributed by atoms with Crippen molar-refractivity contribution in [1.29, 1.82) is 0 Å². The molecule has 1 aliphatic heterocycles. The monoisotopic (exact) mass is 276 g/mol. The van der Waals surface area contributed by atoms with Crippen LogP contribution in [-0.2, 0) is 9.31 Å². The largest absolute Gasteiger partial charge is 0.506 e. The molecule has 20 heavy (non-hydrogen) atoms. The first-order chi connectivity index (χ1) is 9.25. The normalized spacial score (nSPS) is 21.2. The Kier molecular flexibility index (Phi) is 3.91. The second kappa shape index (κ2) is 5.20. The quantitative estimate of drug-likeness (QED) is 0.822. The summed E-state index contributed by atoms with van der Waals surface area (Å²) >= 11 is 0. The van der Waals surface area contributed by atoms with Gasteiger partial charge in [-0.2, -0.15) is 0 Å². The van der Waals surface area contributed by atoms with Crippen molar-refractivity contribution in [1.82, 2.24) is 4.98 Å². The standard InChI is InChI=1S/C14H21BN2O3/c1-13(2)14(3,4)20-15(19-13)10(8-16)7-11-5-6-12(18)9-17-11/h5-7,9,18H,8,16H2,1-4H3. The summed E-state index contributed by atoms with van der Waals surface area (Å²) < 4.78 is 11.9. The van der Waals surface area contributed by atoms with E-state index in [1.54, 1.807) is 12.1 Å². The van der Waals surface area contributed by atoms with E-state index >= 15 is 0 Å². The lowest BCUT2D eigenvalue weighted by atomic mass is 9.77. The van der Waals surface area contributed by atoms with E-state index in [-0.39, 0.29) is 5.75 Å². The Hall–Kier alpha value is -1.37. The molecule has 108 valence electrons. The first-order valence-corrected chi connectivity index (χ1v) is 6.66. The van der Waals surface area contributed by atoms with Gasteiger partial charge < -0.3 is 20.1 Å². The SMILES string of the molecule is CC1(C)OB(C(=Cc2ccc(O)cn2)CN)OC1(C)C. The summed E-state index contributed by atoms with van der Waals surface area (Å²) in [5.74, 6) is 0.132. The van der Waals surface area contributed by atoms with Gasteiger partial charge in [0.15, 0.2) is 0 Å². The van der Waals surface area contributed by atoms with Crippen molar-refractivity contribution in [3.63, 3.8) is 0 Å². The Bertz CT molecular complexity index is 496. The molecule has 1 aromatic heterocycles. The lowest BCUT2D eigenvalue weighted by Gasteiger charge is -2.32. The maximum Gasteiger partial charge on any atom is 0.491 e. The van der Waals surface area contributed by atoms with E-state index in [1.807, 2.05) is 33.8 Å². The Labute approximate surface area is 119 Å². The first kappa shape index (κ1) is 15.0. The molecule has 1 saturated heterocycles. The number of rotatable bonds is 3. The average molecular weight is 276 g/mol. The van der Waals surface area contributed by atoms with Crippen molar-refractivity contribution in [2.75, 3.05) is 6.54 Å². The summed E-state index contributed by atoms with van der Waals surface area (Å²) in [5.41, 5.74) is 6.54. The highest BCUT2D eigenvalue weighted by Crippen LogP contribution is 2.38. The smallest absolute Gasteiger partial charge is 0.491 e. The summed E-state index contributed by atoms with van der Waals surface area (Å²) in [4.78, 5) is 4.12. The number of hydrogen-bond acceptors (Lipinski definition) is 5. The second-order valence-electron chi connectivity index (χ2n) is 5.95. The van der Waals surface area contributed by atoms with Gasteiger partial charge in [-0.1, -0.05) is 0 Å². The van der Waals surface area contributed by atoms with E-state index < -0.39 is 18.3 Å². The molecule has 1 aliphatic rings. The van der Waals surface area contributed by atoms with Gasteiger partial charge >= 0.3 is 7.12 Å². The van der Waals surface area contributed by atoms with E-state index in [4.69, 9.17) is 15.0 Å².